The van der Waals surface area contributed by atoms with Crippen molar-refractivity contribution in [2.75, 3.05) is 31.8 Å². The zero-order chi connectivity index (χ0) is 23.1. The first-order valence-corrected chi connectivity index (χ1v) is 12.9. The molecule has 0 bridgehead atoms. The first kappa shape index (κ1) is 24.1. The monoisotopic (exact) mass is 481 g/mol. The van der Waals surface area contributed by atoms with Crippen LogP contribution in [0.4, 0.5) is 9.93 Å². The third kappa shape index (κ3) is 6.75. The van der Waals surface area contributed by atoms with Crippen molar-refractivity contribution < 1.29 is 27.5 Å². The number of carbonyl (C=O) groups is 2. The van der Waals surface area contributed by atoms with Gasteiger partial charge in [-0.1, -0.05) is 23.5 Å². The van der Waals surface area contributed by atoms with E-state index in [1.807, 2.05) is 0 Å². The second kappa shape index (κ2) is 10.9. The number of ether oxygens (including phenoxy) is 2. The fraction of sp³-hybridized carbons (Fsp3) is 0.476. The van der Waals surface area contributed by atoms with Crippen LogP contribution in [0.3, 0.4) is 0 Å². The molecule has 1 atom stereocenters. The molecule has 2 heterocycles. The largest absolute Gasteiger partial charge is 0.444 e. The molecule has 0 radical (unpaired) electrons. The Morgan fingerprint density at radius 1 is 1.25 bits per heavy atom. The predicted octanol–water partition coefficient (Wildman–Crippen LogP) is 2.94. The van der Waals surface area contributed by atoms with Gasteiger partial charge in [0.1, 0.15) is 6.61 Å². The van der Waals surface area contributed by atoms with Crippen molar-refractivity contribution in [3.05, 3.63) is 40.9 Å². The van der Waals surface area contributed by atoms with Gasteiger partial charge in [0.25, 0.3) is 0 Å². The van der Waals surface area contributed by atoms with E-state index in [-0.39, 0.29) is 17.4 Å². The number of anilines is 1. The second-order valence-electron chi connectivity index (χ2n) is 7.63. The van der Waals surface area contributed by atoms with Crippen molar-refractivity contribution in [1.82, 2.24) is 10.3 Å². The van der Waals surface area contributed by atoms with Gasteiger partial charge in [-0.25, -0.2) is 18.2 Å². The van der Waals surface area contributed by atoms with Crippen LogP contribution in [0.5, 0.6) is 0 Å². The van der Waals surface area contributed by atoms with Crippen LogP contribution in [0.2, 0.25) is 0 Å². The number of aromatic nitrogens is 1. The van der Waals surface area contributed by atoms with Crippen molar-refractivity contribution in [1.29, 1.82) is 0 Å². The number of carbonyl (C=O) groups excluding carboxylic acids is 2. The van der Waals surface area contributed by atoms with Gasteiger partial charge in [-0.2, -0.15) is 0 Å². The van der Waals surface area contributed by atoms with E-state index < -0.39 is 21.8 Å². The number of alkyl carbamates (subject to hydrolysis) is 1. The zero-order valence-electron chi connectivity index (χ0n) is 18.0. The minimum absolute atomic E-state index is 0.0612. The maximum atomic E-state index is 13.2. The minimum atomic E-state index is -3.32. The average molecular weight is 482 g/mol. The molecule has 2 aromatic rings. The van der Waals surface area contributed by atoms with Crippen LogP contribution < -0.4 is 10.6 Å². The van der Waals surface area contributed by atoms with Crippen LogP contribution in [0, 0.1) is 5.92 Å². The van der Waals surface area contributed by atoms with Crippen molar-refractivity contribution in [3.8, 4) is 0 Å². The molecule has 3 rings (SSSR count). The van der Waals surface area contributed by atoms with Crippen LogP contribution in [0.1, 0.15) is 35.6 Å². The van der Waals surface area contributed by atoms with Gasteiger partial charge in [0.2, 0.25) is 5.91 Å². The fourth-order valence-electron chi connectivity index (χ4n) is 3.49. The normalized spacial score (nSPS) is 15.7. The molecular weight excluding hydrogens is 454 g/mol. The highest BCUT2D eigenvalue weighted by Crippen LogP contribution is 2.32. The summed E-state index contributed by atoms with van der Waals surface area (Å²) in [5, 5.41) is 5.64. The van der Waals surface area contributed by atoms with E-state index in [1.165, 1.54) is 30.5 Å². The smallest absolute Gasteiger partial charge is 0.407 e. The van der Waals surface area contributed by atoms with Gasteiger partial charge in [-0.15, -0.1) is 0 Å². The molecular formula is C21H27N3O6S2. The SMILES string of the molecule is CNC(=O)OCc1cnc(NC(=O)C(CC2CCOCC2)c2ccc(S(C)(=O)=O)cc2)s1. The van der Waals surface area contributed by atoms with Crippen molar-refractivity contribution >= 4 is 38.3 Å². The standard InChI is InChI=1S/C21H27N3O6S2/c1-22-21(26)30-13-16-12-23-20(31-16)24-19(25)18(11-14-7-9-29-10-8-14)15-3-5-17(6-4-15)32(2,27)28/h3-6,12,14,18H,7-11,13H2,1-2H3,(H,22,26)(H,23,24,25). The van der Waals surface area contributed by atoms with Crippen LogP contribution in [-0.2, 0) is 30.7 Å². The molecule has 2 amide bonds. The van der Waals surface area contributed by atoms with Gasteiger partial charge in [-0.3, -0.25) is 4.79 Å². The Morgan fingerprint density at radius 3 is 2.56 bits per heavy atom. The number of hydrogen-bond donors (Lipinski definition) is 2. The topological polar surface area (TPSA) is 124 Å². The molecule has 1 fully saturated rings. The van der Waals surface area contributed by atoms with Crippen molar-refractivity contribution in [3.63, 3.8) is 0 Å². The van der Waals surface area contributed by atoms with Gasteiger partial charge < -0.3 is 20.1 Å². The van der Waals surface area contributed by atoms with E-state index >= 15 is 0 Å². The maximum Gasteiger partial charge on any atom is 0.407 e. The molecule has 1 aromatic carbocycles. The van der Waals surface area contributed by atoms with Gasteiger partial charge in [-0.05, 0) is 42.9 Å². The molecule has 1 aromatic heterocycles. The van der Waals surface area contributed by atoms with Gasteiger partial charge in [0.05, 0.1) is 15.7 Å². The molecule has 0 aliphatic carbocycles. The number of nitrogens with one attached hydrogen (secondary N) is 2. The molecule has 9 nitrogen and oxygen atoms in total. The Bertz CT molecular complexity index is 1030. The number of sulfone groups is 1. The van der Waals surface area contributed by atoms with Crippen LogP contribution in [0.15, 0.2) is 35.4 Å². The fourth-order valence-corrected chi connectivity index (χ4v) is 4.85. The lowest BCUT2D eigenvalue weighted by Crippen LogP contribution is -2.26. The number of amides is 2. The van der Waals surface area contributed by atoms with Gasteiger partial charge in [0.15, 0.2) is 15.0 Å². The molecule has 1 aliphatic rings. The quantitative estimate of drug-likeness (QED) is 0.594. The van der Waals surface area contributed by atoms with Crippen LogP contribution >= 0.6 is 11.3 Å². The molecule has 1 unspecified atom stereocenters. The first-order chi connectivity index (χ1) is 15.3. The van der Waals surface area contributed by atoms with E-state index in [0.29, 0.717) is 35.6 Å². The Hall–Kier alpha value is -2.50. The summed E-state index contributed by atoms with van der Waals surface area (Å²) < 4.78 is 34.0. The summed E-state index contributed by atoms with van der Waals surface area (Å²) in [5.74, 6) is -0.334. The summed E-state index contributed by atoms with van der Waals surface area (Å²) >= 11 is 1.23. The molecule has 11 heteroatoms. The highest BCUT2D eigenvalue weighted by Gasteiger charge is 2.27. The highest BCUT2D eigenvalue weighted by molar-refractivity contribution is 7.90. The summed E-state index contributed by atoms with van der Waals surface area (Å²) in [6.45, 7) is 1.41. The number of hydrogen-bond acceptors (Lipinski definition) is 8. The van der Waals surface area contributed by atoms with Crippen LogP contribution in [0.25, 0.3) is 0 Å². The second-order valence-corrected chi connectivity index (χ2v) is 10.8. The molecule has 2 N–H and O–H groups in total. The van der Waals surface area contributed by atoms with E-state index in [1.54, 1.807) is 18.3 Å². The van der Waals surface area contributed by atoms with Gasteiger partial charge in [0, 0.05) is 32.7 Å². The summed E-state index contributed by atoms with van der Waals surface area (Å²) in [6, 6.07) is 6.47. The molecule has 0 saturated carbocycles. The Morgan fingerprint density at radius 2 is 1.94 bits per heavy atom. The highest BCUT2D eigenvalue weighted by atomic mass is 32.2. The van der Waals surface area contributed by atoms with Crippen molar-refractivity contribution in [2.24, 2.45) is 5.92 Å². The van der Waals surface area contributed by atoms with E-state index in [0.717, 1.165) is 24.7 Å². The molecule has 174 valence electrons. The Kier molecular flexibility index (Phi) is 8.21. The summed E-state index contributed by atoms with van der Waals surface area (Å²) in [5.41, 5.74) is 0.751. The first-order valence-electron chi connectivity index (χ1n) is 10.2. The number of nitrogens with zero attached hydrogens (tertiary/aromatic N) is 1. The third-order valence-corrected chi connectivity index (χ3v) is 7.29. The molecule has 32 heavy (non-hydrogen) atoms. The number of thiazole rings is 1. The van der Waals surface area contributed by atoms with Crippen molar-refractivity contribution in [2.45, 2.75) is 36.7 Å². The third-order valence-electron chi connectivity index (χ3n) is 5.27. The van der Waals surface area contributed by atoms with E-state index in [4.69, 9.17) is 9.47 Å². The number of rotatable bonds is 8. The predicted molar refractivity (Wildman–Crippen MR) is 120 cm³/mol. The minimum Gasteiger partial charge on any atom is -0.444 e. The number of benzene rings is 1. The summed E-state index contributed by atoms with van der Waals surface area (Å²) in [6.07, 6.45) is 4.55. The lowest BCUT2D eigenvalue weighted by Gasteiger charge is -2.26. The van der Waals surface area contributed by atoms with Crippen LogP contribution in [-0.4, -0.2) is 51.9 Å². The molecule has 0 spiro atoms. The summed E-state index contributed by atoms with van der Waals surface area (Å²) in [7, 11) is -1.84. The van der Waals surface area contributed by atoms with E-state index in [9.17, 15) is 18.0 Å². The Labute approximate surface area is 191 Å². The maximum absolute atomic E-state index is 13.2. The lowest BCUT2D eigenvalue weighted by molar-refractivity contribution is -0.118. The average Bonchev–Trinajstić information content (AvgIpc) is 3.23. The Balaban J connectivity index is 1.74. The van der Waals surface area contributed by atoms with Gasteiger partial charge >= 0.3 is 6.09 Å². The molecule has 1 aliphatic heterocycles. The zero-order valence-corrected chi connectivity index (χ0v) is 19.6. The lowest BCUT2D eigenvalue weighted by atomic mass is 9.84. The van der Waals surface area contributed by atoms with E-state index in [2.05, 4.69) is 15.6 Å². The molecule has 1 saturated heterocycles. The summed E-state index contributed by atoms with van der Waals surface area (Å²) in [4.78, 5) is 29.5.